The molecule has 0 heterocycles. The minimum Gasteiger partial charge on any atom is -0.496 e. The van der Waals surface area contributed by atoms with E-state index in [2.05, 4.69) is 5.32 Å². The lowest BCUT2D eigenvalue weighted by Crippen LogP contribution is -2.31. The number of nitrogens with one attached hydrogen (secondary N) is 1. The number of amides is 1. The summed E-state index contributed by atoms with van der Waals surface area (Å²) >= 11 is 0. The summed E-state index contributed by atoms with van der Waals surface area (Å²) < 4.78 is 10.5. The van der Waals surface area contributed by atoms with Gasteiger partial charge in [-0.15, -0.1) is 0 Å². The van der Waals surface area contributed by atoms with Crippen LogP contribution in [0, 0.1) is 10.1 Å². The molecule has 0 bridgehead atoms. The molecule has 0 aromatic heterocycles. The minimum atomic E-state index is -0.551. The van der Waals surface area contributed by atoms with Gasteiger partial charge in [0.05, 0.1) is 18.1 Å². The molecule has 0 unspecified atom stereocenters. The number of benzene rings is 2. The fraction of sp³-hybridized carbons (Fsp3) is 0.235. The second-order valence-corrected chi connectivity index (χ2v) is 5.04. The van der Waals surface area contributed by atoms with Crippen molar-refractivity contribution in [1.82, 2.24) is 5.32 Å². The zero-order valence-electron chi connectivity index (χ0n) is 13.4. The molecule has 0 saturated carbocycles. The van der Waals surface area contributed by atoms with Crippen molar-refractivity contribution in [2.75, 3.05) is 13.7 Å². The first-order valence-electron chi connectivity index (χ1n) is 7.31. The van der Waals surface area contributed by atoms with E-state index < -0.39 is 4.92 Å². The summed E-state index contributed by atoms with van der Waals surface area (Å²) in [5.41, 5.74) is 0.655. The summed E-state index contributed by atoms with van der Waals surface area (Å²) in [7, 11) is 1.56. The lowest BCUT2D eigenvalue weighted by Gasteiger charge is -2.17. The maximum atomic E-state index is 12.0. The molecule has 0 aliphatic heterocycles. The van der Waals surface area contributed by atoms with Crippen LogP contribution < -0.4 is 14.8 Å². The van der Waals surface area contributed by atoms with Crippen molar-refractivity contribution in [1.29, 1.82) is 0 Å². The first-order valence-corrected chi connectivity index (χ1v) is 7.31. The second kappa shape index (κ2) is 7.96. The van der Waals surface area contributed by atoms with Gasteiger partial charge in [-0.1, -0.05) is 30.3 Å². The number of carbonyl (C=O) groups is 1. The third kappa shape index (κ3) is 4.22. The van der Waals surface area contributed by atoms with Gasteiger partial charge in [0.2, 0.25) is 0 Å². The molecule has 1 atom stereocenters. The first kappa shape index (κ1) is 17.3. The Bertz CT molecular complexity index is 732. The van der Waals surface area contributed by atoms with Crippen LogP contribution in [0.3, 0.4) is 0 Å². The third-order valence-electron chi connectivity index (χ3n) is 3.40. The van der Waals surface area contributed by atoms with Crippen molar-refractivity contribution in [2.24, 2.45) is 0 Å². The number of hydrogen-bond donors (Lipinski definition) is 1. The molecule has 2 rings (SSSR count). The predicted molar refractivity (Wildman–Crippen MR) is 88.1 cm³/mol. The molecule has 0 fully saturated rings. The summed E-state index contributed by atoms with van der Waals surface area (Å²) in [6.45, 7) is 1.51. The van der Waals surface area contributed by atoms with Crippen molar-refractivity contribution in [3.63, 3.8) is 0 Å². The predicted octanol–water partition coefficient (Wildman–Crippen LogP) is 2.86. The topological polar surface area (TPSA) is 90.7 Å². The quantitative estimate of drug-likeness (QED) is 0.622. The smallest absolute Gasteiger partial charge is 0.310 e. The summed E-state index contributed by atoms with van der Waals surface area (Å²) in [5, 5.41) is 13.7. The highest BCUT2D eigenvalue weighted by Crippen LogP contribution is 2.26. The van der Waals surface area contributed by atoms with E-state index >= 15 is 0 Å². The molecule has 2 aromatic rings. The number of ether oxygens (including phenoxy) is 2. The largest absolute Gasteiger partial charge is 0.496 e. The molecule has 2 aromatic carbocycles. The standard InChI is InChI=1S/C17H18N2O5/c1-12(13-7-3-5-9-15(13)23-2)18-17(20)11-24-16-10-6-4-8-14(16)19(21)22/h3-10,12H,11H2,1-2H3,(H,18,20)/t12-/m1/s1. The molecule has 0 aliphatic rings. The van der Waals surface area contributed by atoms with E-state index in [4.69, 9.17) is 9.47 Å². The van der Waals surface area contributed by atoms with Crippen LogP contribution in [0.2, 0.25) is 0 Å². The number of methoxy groups -OCH3 is 1. The zero-order chi connectivity index (χ0) is 17.5. The Morgan fingerprint density at radius 1 is 1.17 bits per heavy atom. The van der Waals surface area contributed by atoms with Gasteiger partial charge in [0.15, 0.2) is 12.4 Å². The number of rotatable bonds is 7. The van der Waals surface area contributed by atoms with Gasteiger partial charge in [-0.2, -0.15) is 0 Å². The lowest BCUT2D eigenvalue weighted by molar-refractivity contribution is -0.385. The average Bonchev–Trinajstić information content (AvgIpc) is 2.60. The molecule has 7 nitrogen and oxygen atoms in total. The molecular weight excluding hydrogens is 312 g/mol. The summed E-state index contributed by atoms with van der Waals surface area (Å²) in [4.78, 5) is 22.4. The lowest BCUT2D eigenvalue weighted by atomic mass is 10.1. The molecule has 126 valence electrons. The van der Waals surface area contributed by atoms with Gasteiger partial charge >= 0.3 is 5.69 Å². The third-order valence-corrected chi connectivity index (χ3v) is 3.40. The molecule has 0 radical (unpaired) electrons. The van der Waals surface area contributed by atoms with Crippen LogP contribution >= 0.6 is 0 Å². The first-order chi connectivity index (χ1) is 11.5. The fourth-order valence-corrected chi connectivity index (χ4v) is 2.26. The van der Waals surface area contributed by atoms with Crippen molar-refractivity contribution in [3.05, 3.63) is 64.2 Å². The molecular formula is C17H18N2O5. The van der Waals surface area contributed by atoms with E-state index in [1.54, 1.807) is 13.2 Å². The van der Waals surface area contributed by atoms with Gasteiger partial charge < -0.3 is 14.8 Å². The van der Waals surface area contributed by atoms with E-state index in [1.165, 1.54) is 18.2 Å². The van der Waals surface area contributed by atoms with E-state index in [1.807, 2.05) is 31.2 Å². The van der Waals surface area contributed by atoms with E-state index in [9.17, 15) is 14.9 Å². The van der Waals surface area contributed by atoms with Gasteiger partial charge in [-0.05, 0) is 19.1 Å². The van der Waals surface area contributed by atoms with Crippen molar-refractivity contribution >= 4 is 11.6 Å². The highest BCUT2D eigenvalue weighted by atomic mass is 16.6. The number of nitro benzene ring substituents is 1. The minimum absolute atomic E-state index is 0.0580. The van der Waals surface area contributed by atoms with Crippen LogP contribution in [0.1, 0.15) is 18.5 Å². The SMILES string of the molecule is COc1ccccc1[C@@H](C)NC(=O)COc1ccccc1[N+](=O)[O-]. The van der Waals surface area contributed by atoms with E-state index in [-0.39, 0.29) is 30.0 Å². The fourth-order valence-electron chi connectivity index (χ4n) is 2.26. The van der Waals surface area contributed by atoms with Gasteiger partial charge in [0, 0.05) is 11.6 Å². The average molecular weight is 330 g/mol. The van der Waals surface area contributed by atoms with Crippen molar-refractivity contribution in [3.8, 4) is 11.5 Å². The molecule has 0 saturated heterocycles. The van der Waals surface area contributed by atoms with Gasteiger partial charge in [-0.3, -0.25) is 14.9 Å². The Labute approximate surface area is 139 Å². The van der Waals surface area contributed by atoms with Crippen LogP contribution in [0.25, 0.3) is 0 Å². The highest BCUT2D eigenvalue weighted by molar-refractivity contribution is 5.78. The maximum Gasteiger partial charge on any atom is 0.310 e. The number of hydrogen-bond acceptors (Lipinski definition) is 5. The Morgan fingerprint density at radius 3 is 2.46 bits per heavy atom. The van der Waals surface area contributed by atoms with Crippen LogP contribution in [0.15, 0.2) is 48.5 Å². The maximum absolute atomic E-state index is 12.0. The molecule has 1 N–H and O–H groups in total. The Morgan fingerprint density at radius 2 is 1.79 bits per heavy atom. The molecule has 0 spiro atoms. The van der Waals surface area contributed by atoms with E-state index in [0.717, 1.165) is 5.56 Å². The zero-order valence-corrected chi connectivity index (χ0v) is 13.4. The summed E-state index contributed by atoms with van der Waals surface area (Å²) in [5.74, 6) is 0.346. The van der Waals surface area contributed by atoms with Crippen LogP contribution in [0.5, 0.6) is 11.5 Å². The normalized spacial score (nSPS) is 11.4. The number of nitrogens with zero attached hydrogens (tertiary/aromatic N) is 1. The Hall–Kier alpha value is -3.09. The Balaban J connectivity index is 1.98. The summed E-state index contributed by atoms with van der Waals surface area (Å²) in [6, 6.07) is 13.0. The van der Waals surface area contributed by atoms with Crippen LogP contribution in [-0.2, 0) is 4.79 Å². The number of carbonyl (C=O) groups excluding carboxylic acids is 1. The number of nitro groups is 1. The van der Waals surface area contributed by atoms with Crippen LogP contribution in [0.4, 0.5) is 5.69 Å². The molecule has 1 amide bonds. The molecule has 0 aliphatic carbocycles. The van der Waals surface area contributed by atoms with Gasteiger partial charge in [0.1, 0.15) is 5.75 Å². The van der Waals surface area contributed by atoms with Gasteiger partial charge in [0.25, 0.3) is 5.91 Å². The Kier molecular flexibility index (Phi) is 5.73. The van der Waals surface area contributed by atoms with Gasteiger partial charge in [-0.25, -0.2) is 0 Å². The van der Waals surface area contributed by atoms with Crippen LogP contribution in [-0.4, -0.2) is 24.5 Å². The van der Waals surface area contributed by atoms with Crippen molar-refractivity contribution < 1.29 is 19.2 Å². The monoisotopic (exact) mass is 330 g/mol. The highest BCUT2D eigenvalue weighted by Gasteiger charge is 2.17. The molecule has 7 heteroatoms. The summed E-state index contributed by atoms with van der Waals surface area (Å²) in [6.07, 6.45) is 0. The second-order valence-electron chi connectivity index (χ2n) is 5.04. The van der Waals surface area contributed by atoms with Crippen molar-refractivity contribution in [2.45, 2.75) is 13.0 Å². The van der Waals surface area contributed by atoms with E-state index in [0.29, 0.717) is 5.75 Å². The number of para-hydroxylation sites is 3. The molecule has 24 heavy (non-hydrogen) atoms.